The average molecular weight is 296 g/mol. The highest BCUT2D eigenvalue weighted by Crippen LogP contribution is 2.19. The van der Waals surface area contributed by atoms with Crippen LogP contribution in [0.2, 0.25) is 0 Å². The van der Waals surface area contributed by atoms with Crippen LogP contribution >= 0.6 is 0 Å². The van der Waals surface area contributed by atoms with Crippen LogP contribution in [-0.2, 0) is 4.74 Å². The van der Waals surface area contributed by atoms with Crippen LogP contribution in [0.5, 0.6) is 5.75 Å². The van der Waals surface area contributed by atoms with Gasteiger partial charge in [-0.05, 0) is 24.3 Å². The molecule has 1 heterocycles. The van der Waals surface area contributed by atoms with Crippen LogP contribution in [0, 0.1) is 5.82 Å². The zero-order chi connectivity index (χ0) is 15.1. The fraction of sp³-hybridized carbons (Fsp3) is 0.533. The molecule has 1 saturated heterocycles. The van der Waals surface area contributed by atoms with E-state index in [2.05, 4.69) is 5.32 Å². The number of methoxy groups -OCH3 is 1. The zero-order valence-corrected chi connectivity index (χ0v) is 12.2. The number of urea groups is 1. The molecule has 2 rings (SSSR count). The lowest BCUT2D eigenvalue weighted by Crippen LogP contribution is -2.47. The largest absolute Gasteiger partial charge is 0.490 e. The molecule has 0 radical (unpaired) electrons. The number of carbonyl (C=O) groups excluding carboxylic acids is 1. The number of hydrogen-bond acceptors (Lipinski definition) is 3. The predicted octanol–water partition coefficient (Wildman–Crippen LogP) is 2.02. The molecular weight excluding hydrogens is 275 g/mol. The summed E-state index contributed by atoms with van der Waals surface area (Å²) in [4.78, 5) is 13.6. The minimum Gasteiger partial charge on any atom is -0.490 e. The molecule has 116 valence electrons. The Morgan fingerprint density at radius 2 is 2.00 bits per heavy atom. The number of amides is 2. The summed E-state index contributed by atoms with van der Waals surface area (Å²) in [6.45, 7) is 2.34. The van der Waals surface area contributed by atoms with Crippen molar-refractivity contribution in [1.29, 1.82) is 0 Å². The number of likely N-dealkylation sites (tertiary alicyclic amines) is 1. The second-order valence-corrected chi connectivity index (χ2v) is 4.98. The van der Waals surface area contributed by atoms with Crippen molar-refractivity contribution in [2.24, 2.45) is 0 Å². The number of hydrogen-bond donors (Lipinski definition) is 1. The standard InChI is InChI=1S/C15H21FN2O3/c1-20-11-8-17-15(19)18-9-6-14(7-10-18)21-13-4-2-12(16)3-5-13/h2-5,14H,6-11H2,1H3,(H,17,19). The quantitative estimate of drug-likeness (QED) is 0.846. The highest BCUT2D eigenvalue weighted by Gasteiger charge is 2.23. The van der Waals surface area contributed by atoms with Gasteiger partial charge in [-0.15, -0.1) is 0 Å². The first-order valence-electron chi connectivity index (χ1n) is 7.13. The van der Waals surface area contributed by atoms with Gasteiger partial charge in [0.2, 0.25) is 0 Å². The Labute approximate surface area is 124 Å². The van der Waals surface area contributed by atoms with Gasteiger partial charge in [0, 0.05) is 39.6 Å². The first-order valence-corrected chi connectivity index (χ1v) is 7.13. The minimum atomic E-state index is -0.273. The van der Waals surface area contributed by atoms with Crippen molar-refractivity contribution in [1.82, 2.24) is 10.2 Å². The van der Waals surface area contributed by atoms with Gasteiger partial charge in [-0.25, -0.2) is 9.18 Å². The molecule has 1 aromatic carbocycles. The van der Waals surface area contributed by atoms with Crippen molar-refractivity contribution in [2.45, 2.75) is 18.9 Å². The SMILES string of the molecule is COCCNC(=O)N1CCC(Oc2ccc(F)cc2)CC1. The van der Waals surface area contributed by atoms with E-state index in [0.717, 1.165) is 12.8 Å². The summed E-state index contributed by atoms with van der Waals surface area (Å²) in [6, 6.07) is 5.95. The van der Waals surface area contributed by atoms with Gasteiger partial charge in [0.05, 0.1) is 6.61 Å². The summed E-state index contributed by atoms with van der Waals surface area (Å²) >= 11 is 0. The number of ether oxygens (including phenoxy) is 2. The Kier molecular flexibility index (Phi) is 5.80. The van der Waals surface area contributed by atoms with E-state index < -0.39 is 0 Å². The Morgan fingerprint density at radius 3 is 2.62 bits per heavy atom. The number of halogens is 1. The molecule has 1 fully saturated rings. The lowest BCUT2D eigenvalue weighted by Gasteiger charge is -2.32. The highest BCUT2D eigenvalue weighted by molar-refractivity contribution is 5.74. The molecule has 6 heteroatoms. The van der Waals surface area contributed by atoms with Gasteiger partial charge in [-0.3, -0.25) is 0 Å². The number of rotatable bonds is 5. The molecule has 1 aliphatic heterocycles. The minimum absolute atomic E-state index is 0.0627. The summed E-state index contributed by atoms with van der Waals surface area (Å²) in [7, 11) is 1.60. The lowest BCUT2D eigenvalue weighted by atomic mass is 10.1. The second-order valence-electron chi connectivity index (χ2n) is 4.98. The molecule has 5 nitrogen and oxygen atoms in total. The third kappa shape index (κ3) is 4.90. The van der Waals surface area contributed by atoms with E-state index in [0.29, 0.717) is 32.0 Å². The molecule has 2 amide bonds. The van der Waals surface area contributed by atoms with Crippen molar-refractivity contribution in [3.05, 3.63) is 30.1 Å². The molecule has 0 aliphatic carbocycles. The molecule has 21 heavy (non-hydrogen) atoms. The fourth-order valence-electron chi connectivity index (χ4n) is 2.25. The Balaban J connectivity index is 1.72. The molecule has 0 saturated carbocycles. The van der Waals surface area contributed by atoms with Crippen LogP contribution in [0.15, 0.2) is 24.3 Å². The first kappa shape index (κ1) is 15.6. The summed E-state index contributed by atoms with van der Waals surface area (Å²) in [5.74, 6) is 0.393. The third-order valence-electron chi connectivity index (χ3n) is 3.43. The number of carbonyl (C=O) groups is 1. The maximum atomic E-state index is 12.8. The zero-order valence-electron chi connectivity index (χ0n) is 12.2. The molecular formula is C15H21FN2O3. The first-order chi connectivity index (χ1) is 10.2. The van der Waals surface area contributed by atoms with Gasteiger partial charge < -0.3 is 19.7 Å². The molecule has 1 N–H and O–H groups in total. The Morgan fingerprint density at radius 1 is 1.33 bits per heavy atom. The van der Waals surface area contributed by atoms with E-state index >= 15 is 0 Å². The maximum Gasteiger partial charge on any atom is 0.317 e. The summed E-state index contributed by atoms with van der Waals surface area (Å²) < 4.78 is 23.5. The number of piperidine rings is 1. The maximum absolute atomic E-state index is 12.8. The smallest absolute Gasteiger partial charge is 0.317 e. The van der Waals surface area contributed by atoms with E-state index in [9.17, 15) is 9.18 Å². The Bertz CT molecular complexity index is 445. The number of benzene rings is 1. The monoisotopic (exact) mass is 296 g/mol. The molecule has 0 bridgehead atoms. The summed E-state index contributed by atoms with van der Waals surface area (Å²) in [5.41, 5.74) is 0. The summed E-state index contributed by atoms with van der Waals surface area (Å²) in [6.07, 6.45) is 1.61. The highest BCUT2D eigenvalue weighted by atomic mass is 19.1. The summed E-state index contributed by atoms with van der Waals surface area (Å²) in [5, 5.41) is 2.80. The van der Waals surface area contributed by atoms with E-state index in [1.807, 2.05) is 0 Å². The lowest BCUT2D eigenvalue weighted by molar-refractivity contribution is 0.109. The van der Waals surface area contributed by atoms with Gasteiger partial charge in [0.25, 0.3) is 0 Å². The average Bonchev–Trinajstić information content (AvgIpc) is 2.50. The van der Waals surface area contributed by atoms with Crippen molar-refractivity contribution in [2.75, 3.05) is 33.4 Å². The van der Waals surface area contributed by atoms with Crippen LogP contribution in [0.4, 0.5) is 9.18 Å². The van der Waals surface area contributed by atoms with Gasteiger partial charge in [0.15, 0.2) is 0 Å². The van der Waals surface area contributed by atoms with Gasteiger partial charge in [-0.1, -0.05) is 0 Å². The molecule has 1 aromatic rings. The number of nitrogens with zero attached hydrogens (tertiary/aromatic N) is 1. The van der Waals surface area contributed by atoms with E-state index in [1.54, 1.807) is 24.1 Å². The van der Waals surface area contributed by atoms with Gasteiger partial charge in [-0.2, -0.15) is 0 Å². The molecule has 0 spiro atoms. The van der Waals surface area contributed by atoms with Crippen molar-refractivity contribution in [3.8, 4) is 5.75 Å². The Hall–Kier alpha value is -1.82. The van der Waals surface area contributed by atoms with E-state index in [-0.39, 0.29) is 18.0 Å². The van der Waals surface area contributed by atoms with Crippen LogP contribution in [0.1, 0.15) is 12.8 Å². The molecule has 0 atom stereocenters. The van der Waals surface area contributed by atoms with Crippen LogP contribution in [0.25, 0.3) is 0 Å². The van der Waals surface area contributed by atoms with Crippen LogP contribution in [-0.4, -0.2) is 50.4 Å². The normalized spacial score (nSPS) is 15.8. The van der Waals surface area contributed by atoms with Crippen molar-refractivity contribution < 1.29 is 18.7 Å². The molecule has 0 aromatic heterocycles. The van der Waals surface area contributed by atoms with E-state index in [1.165, 1.54) is 12.1 Å². The third-order valence-corrected chi connectivity index (χ3v) is 3.43. The van der Waals surface area contributed by atoms with Crippen LogP contribution in [0.3, 0.4) is 0 Å². The molecule has 1 aliphatic rings. The topological polar surface area (TPSA) is 50.8 Å². The van der Waals surface area contributed by atoms with E-state index in [4.69, 9.17) is 9.47 Å². The second kappa shape index (κ2) is 7.83. The molecule has 0 unspecified atom stereocenters. The van der Waals surface area contributed by atoms with Gasteiger partial charge >= 0.3 is 6.03 Å². The van der Waals surface area contributed by atoms with Crippen molar-refractivity contribution >= 4 is 6.03 Å². The van der Waals surface area contributed by atoms with Gasteiger partial charge in [0.1, 0.15) is 17.7 Å². The van der Waals surface area contributed by atoms with Crippen LogP contribution < -0.4 is 10.1 Å². The number of nitrogens with one attached hydrogen (secondary N) is 1. The predicted molar refractivity (Wildman–Crippen MR) is 76.9 cm³/mol. The van der Waals surface area contributed by atoms with Crippen molar-refractivity contribution in [3.63, 3.8) is 0 Å². The fourth-order valence-corrected chi connectivity index (χ4v) is 2.25.